The molecule has 1 aliphatic heterocycles. The zero-order valence-corrected chi connectivity index (χ0v) is 14.4. The Kier molecular flexibility index (Phi) is 4.07. The van der Waals surface area contributed by atoms with Crippen molar-refractivity contribution in [1.82, 2.24) is 15.6 Å². The third-order valence-corrected chi connectivity index (χ3v) is 5.30. The van der Waals surface area contributed by atoms with Crippen LogP contribution in [0, 0.1) is 0 Å². The predicted molar refractivity (Wildman–Crippen MR) is 95.3 cm³/mol. The molecule has 130 valence electrons. The Labute approximate surface area is 147 Å². The normalized spacial score (nSPS) is 21.4. The second kappa shape index (κ2) is 6.39. The van der Waals surface area contributed by atoms with Gasteiger partial charge in [-0.15, -0.1) is 0 Å². The number of aromatic nitrogens is 1. The van der Waals surface area contributed by atoms with Crippen LogP contribution in [0.1, 0.15) is 55.8 Å². The molecule has 2 heterocycles. The van der Waals surface area contributed by atoms with E-state index in [9.17, 15) is 4.79 Å². The summed E-state index contributed by atoms with van der Waals surface area (Å²) in [5.41, 5.74) is 1.95. The molecule has 5 nitrogen and oxygen atoms in total. The highest BCUT2D eigenvalue weighted by atomic mass is 16.5. The van der Waals surface area contributed by atoms with E-state index in [2.05, 4.69) is 15.6 Å². The van der Waals surface area contributed by atoms with E-state index in [4.69, 9.17) is 4.74 Å². The summed E-state index contributed by atoms with van der Waals surface area (Å²) in [5.74, 6) is 0.902. The number of carbonyl (C=O) groups is 1. The molecule has 25 heavy (non-hydrogen) atoms. The van der Waals surface area contributed by atoms with Gasteiger partial charge >= 0.3 is 6.03 Å². The molecule has 0 saturated heterocycles. The molecule has 0 unspecified atom stereocenters. The van der Waals surface area contributed by atoms with E-state index in [0.717, 1.165) is 36.1 Å². The van der Waals surface area contributed by atoms with Crippen LogP contribution < -0.4 is 15.4 Å². The molecule has 1 aliphatic carbocycles. The molecule has 0 radical (unpaired) electrons. The van der Waals surface area contributed by atoms with E-state index in [-0.39, 0.29) is 23.7 Å². The minimum Gasteiger partial charge on any atom is -0.487 e. The zero-order chi connectivity index (χ0) is 17.3. The van der Waals surface area contributed by atoms with E-state index in [1.54, 1.807) is 12.4 Å². The van der Waals surface area contributed by atoms with Crippen LogP contribution in [0.5, 0.6) is 5.75 Å². The summed E-state index contributed by atoms with van der Waals surface area (Å²) >= 11 is 0. The fraction of sp³-hybridized carbons (Fsp3) is 0.400. The smallest absolute Gasteiger partial charge is 0.315 e. The van der Waals surface area contributed by atoms with Gasteiger partial charge in [0.25, 0.3) is 0 Å². The van der Waals surface area contributed by atoms with Gasteiger partial charge in [-0.05, 0) is 43.9 Å². The Morgan fingerprint density at radius 1 is 1.28 bits per heavy atom. The number of nitrogens with one attached hydrogen (secondary N) is 2. The van der Waals surface area contributed by atoms with Crippen LogP contribution in [0.3, 0.4) is 0 Å². The molecule has 2 N–H and O–H groups in total. The van der Waals surface area contributed by atoms with Crippen molar-refractivity contribution in [2.75, 3.05) is 0 Å². The highest BCUT2D eigenvalue weighted by Crippen LogP contribution is 2.48. The number of urea groups is 1. The fourth-order valence-corrected chi connectivity index (χ4v) is 3.74. The van der Waals surface area contributed by atoms with Crippen molar-refractivity contribution in [2.24, 2.45) is 0 Å². The van der Waals surface area contributed by atoms with Gasteiger partial charge in [0.05, 0.1) is 12.1 Å². The van der Waals surface area contributed by atoms with Crippen molar-refractivity contribution in [3.8, 4) is 5.75 Å². The standard InChI is InChI=1S/C20H23N3O2/c1-14(15-6-4-11-21-13-15)22-19(24)23-17-12-20(9-5-10-20)25-18-8-3-2-7-16(17)18/h2-4,6-8,11,13-14,17H,5,9-10,12H2,1H3,(H2,22,23,24)/t14-,17+/m0/s1. The van der Waals surface area contributed by atoms with Gasteiger partial charge in [-0.1, -0.05) is 24.3 Å². The summed E-state index contributed by atoms with van der Waals surface area (Å²) in [6.45, 7) is 1.96. The summed E-state index contributed by atoms with van der Waals surface area (Å²) < 4.78 is 6.24. The third kappa shape index (κ3) is 3.18. The quantitative estimate of drug-likeness (QED) is 0.893. The molecule has 2 atom stereocenters. The number of carbonyl (C=O) groups excluding carboxylic acids is 1. The van der Waals surface area contributed by atoms with Crippen LogP contribution in [0.4, 0.5) is 4.79 Å². The summed E-state index contributed by atoms with van der Waals surface area (Å²) in [6, 6.07) is 11.6. The average Bonchev–Trinajstić information content (AvgIpc) is 2.61. The van der Waals surface area contributed by atoms with Crippen LogP contribution in [0.2, 0.25) is 0 Å². The van der Waals surface area contributed by atoms with Gasteiger partial charge in [-0.2, -0.15) is 0 Å². The fourth-order valence-electron chi connectivity index (χ4n) is 3.74. The molecule has 2 aromatic rings. The lowest BCUT2D eigenvalue weighted by Gasteiger charge is -2.48. The van der Waals surface area contributed by atoms with E-state index in [1.807, 2.05) is 43.3 Å². The van der Waals surface area contributed by atoms with Gasteiger partial charge < -0.3 is 15.4 Å². The van der Waals surface area contributed by atoms with Crippen molar-refractivity contribution in [3.63, 3.8) is 0 Å². The Morgan fingerprint density at radius 3 is 2.84 bits per heavy atom. The molecule has 1 spiro atoms. The summed E-state index contributed by atoms with van der Waals surface area (Å²) in [4.78, 5) is 16.6. The topological polar surface area (TPSA) is 63.2 Å². The number of rotatable bonds is 3. The van der Waals surface area contributed by atoms with Crippen molar-refractivity contribution < 1.29 is 9.53 Å². The molecule has 2 amide bonds. The van der Waals surface area contributed by atoms with Crippen LogP contribution in [0.25, 0.3) is 0 Å². The SMILES string of the molecule is C[C@H](NC(=O)N[C@@H]1CC2(CCC2)Oc2ccccc21)c1cccnc1. The molecule has 1 aromatic carbocycles. The summed E-state index contributed by atoms with van der Waals surface area (Å²) in [6.07, 6.45) is 7.66. The minimum atomic E-state index is -0.160. The molecule has 4 rings (SSSR count). The van der Waals surface area contributed by atoms with Crippen molar-refractivity contribution in [2.45, 2.75) is 50.3 Å². The summed E-state index contributed by atoms with van der Waals surface area (Å²) in [7, 11) is 0. The van der Waals surface area contributed by atoms with Gasteiger partial charge in [0.15, 0.2) is 0 Å². The Morgan fingerprint density at radius 2 is 2.12 bits per heavy atom. The Hall–Kier alpha value is -2.56. The Bertz CT molecular complexity index is 759. The maximum Gasteiger partial charge on any atom is 0.315 e. The number of ether oxygens (including phenoxy) is 1. The number of pyridine rings is 1. The number of nitrogens with zero attached hydrogens (tertiary/aromatic N) is 1. The number of benzene rings is 1. The second-order valence-electron chi connectivity index (χ2n) is 7.06. The lowest BCUT2D eigenvalue weighted by atomic mass is 9.73. The zero-order valence-electron chi connectivity index (χ0n) is 14.4. The predicted octanol–water partition coefficient (Wildman–Crippen LogP) is 3.89. The largest absolute Gasteiger partial charge is 0.487 e. The molecule has 1 aromatic heterocycles. The van der Waals surface area contributed by atoms with E-state index < -0.39 is 0 Å². The minimum absolute atomic E-state index is 0.0219. The van der Waals surface area contributed by atoms with Gasteiger partial charge in [0, 0.05) is 24.4 Å². The highest BCUT2D eigenvalue weighted by molar-refractivity contribution is 5.75. The van der Waals surface area contributed by atoms with E-state index in [0.29, 0.717) is 0 Å². The first kappa shape index (κ1) is 15.9. The molecule has 0 bridgehead atoms. The maximum atomic E-state index is 12.5. The van der Waals surface area contributed by atoms with Crippen LogP contribution >= 0.6 is 0 Å². The van der Waals surface area contributed by atoms with Crippen LogP contribution in [-0.2, 0) is 0 Å². The lowest BCUT2D eigenvalue weighted by molar-refractivity contribution is -0.0355. The van der Waals surface area contributed by atoms with Gasteiger partial charge in [-0.3, -0.25) is 4.98 Å². The third-order valence-electron chi connectivity index (χ3n) is 5.30. The van der Waals surface area contributed by atoms with Crippen molar-refractivity contribution in [1.29, 1.82) is 0 Å². The molecule has 1 saturated carbocycles. The lowest BCUT2D eigenvalue weighted by Crippen LogP contribution is -2.51. The van der Waals surface area contributed by atoms with Gasteiger partial charge in [-0.25, -0.2) is 4.79 Å². The number of amides is 2. The highest BCUT2D eigenvalue weighted by Gasteiger charge is 2.45. The van der Waals surface area contributed by atoms with Crippen LogP contribution in [-0.4, -0.2) is 16.6 Å². The first-order valence-corrected chi connectivity index (χ1v) is 8.90. The first-order chi connectivity index (χ1) is 12.2. The van der Waals surface area contributed by atoms with Crippen LogP contribution in [0.15, 0.2) is 48.8 Å². The maximum absolute atomic E-state index is 12.5. The first-order valence-electron chi connectivity index (χ1n) is 8.90. The molecule has 2 aliphatic rings. The number of fused-ring (bicyclic) bond motifs is 1. The van der Waals surface area contributed by atoms with E-state index >= 15 is 0 Å². The second-order valence-corrected chi connectivity index (χ2v) is 7.06. The Balaban J connectivity index is 1.47. The number of para-hydroxylation sites is 1. The van der Waals surface area contributed by atoms with Gasteiger partial charge in [0.1, 0.15) is 11.4 Å². The van der Waals surface area contributed by atoms with Crippen molar-refractivity contribution >= 4 is 6.03 Å². The number of hydrogen-bond donors (Lipinski definition) is 2. The van der Waals surface area contributed by atoms with Crippen molar-refractivity contribution in [3.05, 3.63) is 59.9 Å². The molecule has 1 fully saturated rings. The monoisotopic (exact) mass is 337 g/mol. The molecular formula is C20H23N3O2. The average molecular weight is 337 g/mol. The van der Waals surface area contributed by atoms with E-state index in [1.165, 1.54) is 6.42 Å². The molecular weight excluding hydrogens is 314 g/mol. The summed E-state index contributed by atoms with van der Waals surface area (Å²) in [5, 5.41) is 6.16. The number of hydrogen-bond acceptors (Lipinski definition) is 3. The molecule has 5 heteroatoms. The van der Waals surface area contributed by atoms with Gasteiger partial charge in [0.2, 0.25) is 0 Å².